The molecule has 0 bridgehead atoms. The second kappa shape index (κ2) is 9.54. The Morgan fingerprint density at radius 1 is 1.25 bits per heavy atom. The number of nitrogens with zero attached hydrogens (tertiary/aromatic N) is 1. The highest BCUT2D eigenvalue weighted by atomic mass is 16.1. The molecule has 1 saturated heterocycles. The zero-order chi connectivity index (χ0) is 14.8. The molecular formula is C17H30N2O. The zero-order valence-electron chi connectivity index (χ0n) is 13.1. The van der Waals surface area contributed by atoms with Crippen LogP contribution < -0.4 is 5.32 Å². The lowest BCUT2D eigenvalue weighted by Crippen LogP contribution is -2.38. The van der Waals surface area contributed by atoms with Gasteiger partial charge in [-0.2, -0.15) is 0 Å². The van der Waals surface area contributed by atoms with Gasteiger partial charge in [0.25, 0.3) is 0 Å². The molecule has 0 aromatic heterocycles. The van der Waals surface area contributed by atoms with Crippen LogP contribution in [0.4, 0.5) is 0 Å². The second-order valence-electron chi connectivity index (χ2n) is 5.49. The molecule has 1 fully saturated rings. The molecule has 0 aliphatic carbocycles. The van der Waals surface area contributed by atoms with E-state index in [1.165, 1.54) is 6.42 Å². The number of piperidine rings is 1. The Bertz CT molecular complexity index is 376. The van der Waals surface area contributed by atoms with E-state index in [0.717, 1.165) is 31.5 Å². The molecule has 20 heavy (non-hydrogen) atoms. The molecule has 0 saturated carbocycles. The molecule has 0 unspecified atom stereocenters. The molecule has 3 heteroatoms. The average Bonchev–Trinajstić information content (AvgIpc) is 2.47. The van der Waals surface area contributed by atoms with Crippen molar-refractivity contribution in [3.63, 3.8) is 0 Å². The quantitative estimate of drug-likeness (QED) is 0.920. The van der Waals surface area contributed by atoms with Crippen molar-refractivity contribution in [2.75, 3.05) is 20.1 Å². The minimum absolute atomic E-state index is 0. The molecule has 1 aliphatic heterocycles. The van der Waals surface area contributed by atoms with Crippen molar-refractivity contribution >= 4 is 5.91 Å². The highest BCUT2D eigenvalue weighted by Gasteiger charge is 2.22. The van der Waals surface area contributed by atoms with Crippen LogP contribution in [0.25, 0.3) is 0 Å². The molecule has 1 aromatic rings. The summed E-state index contributed by atoms with van der Waals surface area (Å²) in [4.78, 5) is 14.2. The summed E-state index contributed by atoms with van der Waals surface area (Å²) in [7, 11) is 2.11. The number of likely N-dealkylation sites (tertiary alicyclic amines) is 1. The number of hydrogen-bond acceptors (Lipinski definition) is 2. The molecule has 2 rings (SSSR count). The maximum atomic E-state index is 11.9. The Hall–Kier alpha value is -1.35. The van der Waals surface area contributed by atoms with E-state index in [9.17, 15) is 4.79 Å². The van der Waals surface area contributed by atoms with Crippen LogP contribution in [0.1, 0.15) is 40.1 Å². The van der Waals surface area contributed by atoms with Crippen molar-refractivity contribution in [2.24, 2.45) is 5.92 Å². The number of rotatable bonds is 3. The standard InChI is InChI=1S/C14H20N2O.C3H8.H2/c1-16-9-7-13(8-10-16)14(17)15-11-12-5-3-2-4-6-12;1-3-2;/h2-6,13H,7-11H2,1H3,(H,15,17);3H2,1-2H3;1H. The Balaban J connectivity index is 0.000000922. The van der Waals surface area contributed by atoms with E-state index in [0.29, 0.717) is 6.54 Å². The van der Waals surface area contributed by atoms with Crippen LogP contribution in [0.3, 0.4) is 0 Å². The zero-order valence-corrected chi connectivity index (χ0v) is 13.1. The monoisotopic (exact) mass is 278 g/mol. The largest absolute Gasteiger partial charge is 0.352 e. The average molecular weight is 278 g/mol. The fourth-order valence-electron chi connectivity index (χ4n) is 2.20. The van der Waals surface area contributed by atoms with Crippen molar-refractivity contribution < 1.29 is 6.22 Å². The minimum atomic E-state index is 0. The Labute approximate surface area is 124 Å². The van der Waals surface area contributed by atoms with E-state index in [1.54, 1.807) is 0 Å². The van der Waals surface area contributed by atoms with Crippen molar-refractivity contribution in [3.8, 4) is 0 Å². The number of hydrogen-bond donors (Lipinski definition) is 1. The Morgan fingerprint density at radius 2 is 1.80 bits per heavy atom. The summed E-state index contributed by atoms with van der Waals surface area (Å²) in [5, 5.41) is 3.03. The van der Waals surface area contributed by atoms with Gasteiger partial charge < -0.3 is 10.2 Å². The summed E-state index contributed by atoms with van der Waals surface area (Å²) in [6, 6.07) is 10.1. The van der Waals surface area contributed by atoms with Crippen molar-refractivity contribution in [2.45, 2.75) is 39.7 Å². The molecular weight excluding hydrogens is 248 g/mol. The summed E-state index contributed by atoms with van der Waals surface area (Å²) < 4.78 is 0. The predicted molar refractivity (Wildman–Crippen MR) is 86.6 cm³/mol. The molecule has 1 heterocycles. The molecule has 114 valence electrons. The van der Waals surface area contributed by atoms with Crippen LogP contribution in [0, 0.1) is 5.92 Å². The van der Waals surface area contributed by atoms with Gasteiger partial charge >= 0.3 is 0 Å². The summed E-state index contributed by atoms with van der Waals surface area (Å²) in [6.07, 6.45) is 3.22. The van der Waals surface area contributed by atoms with Gasteiger partial charge in [0.05, 0.1) is 0 Å². The number of nitrogens with one attached hydrogen (secondary N) is 1. The van der Waals surface area contributed by atoms with Gasteiger partial charge in [0.1, 0.15) is 0 Å². The van der Waals surface area contributed by atoms with Crippen molar-refractivity contribution in [1.29, 1.82) is 0 Å². The van der Waals surface area contributed by atoms with E-state index < -0.39 is 0 Å². The van der Waals surface area contributed by atoms with E-state index in [2.05, 4.69) is 31.1 Å². The maximum Gasteiger partial charge on any atom is 0.223 e. The van der Waals surface area contributed by atoms with E-state index in [4.69, 9.17) is 0 Å². The number of amides is 1. The summed E-state index contributed by atoms with van der Waals surface area (Å²) in [6.45, 7) is 6.96. The van der Waals surface area contributed by atoms with Gasteiger partial charge in [0, 0.05) is 13.9 Å². The predicted octanol–water partition coefficient (Wildman–Crippen LogP) is 3.31. The van der Waals surface area contributed by atoms with Gasteiger partial charge in [0.15, 0.2) is 0 Å². The van der Waals surface area contributed by atoms with Gasteiger partial charge in [-0.3, -0.25) is 4.79 Å². The van der Waals surface area contributed by atoms with Gasteiger partial charge in [-0.05, 0) is 38.5 Å². The fraction of sp³-hybridized carbons (Fsp3) is 0.588. The van der Waals surface area contributed by atoms with E-state index >= 15 is 0 Å². The van der Waals surface area contributed by atoms with Gasteiger partial charge in [0.2, 0.25) is 5.91 Å². The number of benzene rings is 1. The molecule has 1 N–H and O–H groups in total. The van der Waals surface area contributed by atoms with Crippen LogP contribution in [-0.4, -0.2) is 30.9 Å². The first-order chi connectivity index (χ1) is 9.67. The highest BCUT2D eigenvalue weighted by Crippen LogP contribution is 2.16. The second-order valence-corrected chi connectivity index (χ2v) is 5.49. The third kappa shape index (κ3) is 6.20. The van der Waals surface area contributed by atoms with Crippen LogP contribution in [-0.2, 0) is 11.3 Å². The molecule has 0 spiro atoms. The summed E-state index contributed by atoms with van der Waals surface area (Å²) >= 11 is 0. The minimum Gasteiger partial charge on any atom is -0.352 e. The Morgan fingerprint density at radius 3 is 2.35 bits per heavy atom. The van der Waals surface area contributed by atoms with Gasteiger partial charge in [-0.1, -0.05) is 50.6 Å². The normalized spacial score (nSPS) is 16.1. The maximum absolute atomic E-state index is 11.9. The topological polar surface area (TPSA) is 32.3 Å². The molecule has 0 atom stereocenters. The van der Waals surface area contributed by atoms with E-state index in [-0.39, 0.29) is 13.3 Å². The van der Waals surface area contributed by atoms with Crippen LogP contribution in [0.2, 0.25) is 0 Å². The first-order valence-electron chi connectivity index (χ1n) is 7.67. The number of carbonyl (C=O) groups excluding carboxylic acids is 1. The van der Waals surface area contributed by atoms with E-state index in [1.807, 2.05) is 30.3 Å². The number of carbonyl (C=O) groups is 1. The van der Waals surface area contributed by atoms with Gasteiger partial charge in [-0.25, -0.2) is 0 Å². The lowest BCUT2D eigenvalue weighted by atomic mass is 9.96. The third-order valence-corrected chi connectivity index (χ3v) is 3.40. The smallest absolute Gasteiger partial charge is 0.223 e. The molecule has 1 amide bonds. The Kier molecular flexibility index (Phi) is 7.97. The molecule has 1 aromatic carbocycles. The van der Waals surface area contributed by atoms with Crippen LogP contribution in [0.15, 0.2) is 30.3 Å². The molecule has 3 nitrogen and oxygen atoms in total. The van der Waals surface area contributed by atoms with Crippen LogP contribution >= 0.6 is 0 Å². The van der Waals surface area contributed by atoms with Crippen LogP contribution in [0.5, 0.6) is 0 Å². The summed E-state index contributed by atoms with van der Waals surface area (Å²) in [5.41, 5.74) is 1.16. The molecule has 1 aliphatic rings. The lowest BCUT2D eigenvalue weighted by Gasteiger charge is -2.28. The first kappa shape index (κ1) is 16.7. The fourth-order valence-corrected chi connectivity index (χ4v) is 2.20. The first-order valence-corrected chi connectivity index (χ1v) is 7.67. The van der Waals surface area contributed by atoms with Crippen molar-refractivity contribution in [3.05, 3.63) is 35.9 Å². The SMILES string of the molecule is CCC.CN1CCC(C(=O)NCc2ccccc2)CC1.[HH]. The lowest BCUT2D eigenvalue weighted by molar-refractivity contribution is -0.126. The van der Waals surface area contributed by atoms with Gasteiger partial charge in [-0.15, -0.1) is 0 Å². The highest BCUT2D eigenvalue weighted by molar-refractivity contribution is 5.78. The van der Waals surface area contributed by atoms with Crippen molar-refractivity contribution in [1.82, 2.24) is 10.2 Å². The summed E-state index contributed by atoms with van der Waals surface area (Å²) in [5.74, 6) is 0.414. The third-order valence-electron chi connectivity index (χ3n) is 3.40. The molecule has 0 radical (unpaired) electrons.